The summed E-state index contributed by atoms with van der Waals surface area (Å²) in [5.41, 5.74) is 1.98. The fourth-order valence-electron chi connectivity index (χ4n) is 3.59. The smallest absolute Gasteiger partial charge is 0.321 e. The number of nitrogens with one attached hydrogen (secondary N) is 2. The molecule has 1 aliphatic heterocycles. The van der Waals surface area contributed by atoms with E-state index in [2.05, 4.69) is 26.5 Å². The number of anilines is 1. The Kier molecular flexibility index (Phi) is 7.08. The maximum absolute atomic E-state index is 12.9. The van der Waals surface area contributed by atoms with Gasteiger partial charge >= 0.3 is 6.03 Å². The third-order valence-electron chi connectivity index (χ3n) is 5.04. The molecule has 0 aromatic heterocycles. The zero-order valence-electron chi connectivity index (χ0n) is 16.9. The van der Waals surface area contributed by atoms with E-state index in [1.54, 1.807) is 7.11 Å². The minimum atomic E-state index is -0.508. The molecule has 0 radical (unpaired) electrons. The number of piperazine rings is 1. The van der Waals surface area contributed by atoms with Gasteiger partial charge in [0, 0.05) is 44.5 Å². The summed E-state index contributed by atoms with van der Waals surface area (Å²) in [4.78, 5) is 29.2. The lowest BCUT2D eigenvalue weighted by Crippen LogP contribution is -2.52. The molecule has 7 heteroatoms. The summed E-state index contributed by atoms with van der Waals surface area (Å²) in [6, 6.07) is 16.6. The highest BCUT2D eigenvalue weighted by Gasteiger charge is 2.31. The van der Waals surface area contributed by atoms with Crippen LogP contribution < -0.4 is 20.3 Å². The van der Waals surface area contributed by atoms with Crippen molar-refractivity contribution in [2.24, 2.45) is 0 Å². The molecule has 0 aliphatic carbocycles. The molecule has 1 heterocycles. The third-order valence-corrected chi connectivity index (χ3v) is 5.04. The average Bonchev–Trinajstić information content (AvgIpc) is 2.75. The fraction of sp³-hybridized carbons (Fsp3) is 0.364. The molecule has 1 aliphatic rings. The third kappa shape index (κ3) is 5.26. The molecular weight excluding hydrogens is 368 g/mol. The Balaban J connectivity index is 1.72. The molecule has 0 saturated carbocycles. The highest BCUT2D eigenvalue weighted by atomic mass is 16.5. The quantitative estimate of drug-likeness (QED) is 0.784. The van der Waals surface area contributed by atoms with Crippen molar-refractivity contribution >= 4 is 17.6 Å². The zero-order chi connectivity index (χ0) is 20.6. The van der Waals surface area contributed by atoms with Gasteiger partial charge in [0.1, 0.15) is 11.8 Å². The number of hydrogen-bond acceptors (Lipinski definition) is 5. The van der Waals surface area contributed by atoms with Crippen LogP contribution in [0.1, 0.15) is 18.5 Å². The first kappa shape index (κ1) is 20.7. The second-order valence-electron chi connectivity index (χ2n) is 6.89. The summed E-state index contributed by atoms with van der Waals surface area (Å²) in [5, 5.41) is 5.09. The fourth-order valence-corrected chi connectivity index (χ4v) is 3.59. The molecule has 2 aromatic rings. The number of nitrogens with zero attached hydrogens (tertiary/aromatic N) is 2. The van der Waals surface area contributed by atoms with Gasteiger partial charge in [-0.05, 0) is 24.6 Å². The molecule has 154 valence electrons. The topological polar surface area (TPSA) is 73.9 Å². The average molecular weight is 396 g/mol. The van der Waals surface area contributed by atoms with Crippen LogP contribution in [0.4, 0.5) is 10.5 Å². The van der Waals surface area contributed by atoms with Crippen molar-refractivity contribution in [1.29, 1.82) is 0 Å². The van der Waals surface area contributed by atoms with Gasteiger partial charge in [0.25, 0.3) is 0 Å². The number of rotatable bonds is 6. The molecule has 2 N–H and O–H groups in total. The van der Waals surface area contributed by atoms with Crippen LogP contribution in [0, 0.1) is 0 Å². The summed E-state index contributed by atoms with van der Waals surface area (Å²) in [6.45, 7) is 5.26. The lowest BCUT2D eigenvalue weighted by atomic mass is 10.0. The molecule has 1 saturated heterocycles. The van der Waals surface area contributed by atoms with Gasteiger partial charge in [0.2, 0.25) is 5.91 Å². The number of urea groups is 1. The number of methoxy groups -OCH3 is 1. The van der Waals surface area contributed by atoms with E-state index in [1.807, 2.05) is 55.5 Å². The van der Waals surface area contributed by atoms with Gasteiger partial charge in [0.15, 0.2) is 0 Å². The number of imide groups is 1. The molecule has 3 amide bonds. The van der Waals surface area contributed by atoms with E-state index in [1.165, 1.54) is 0 Å². The molecule has 1 fully saturated rings. The van der Waals surface area contributed by atoms with E-state index < -0.39 is 12.1 Å². The van der Waals surface area contributed by atoms with Gasteiger partial charge in [-0.25, -0.2) is 4.79 Å². The van der Waals surface area contributed by atoms with Crippen molar-refractivity contribution in [3.8, 4) is 5.75 Å². The predicted octanol–water partition coefficient (Wildman–Crippen LogP) is 2.40. The van der Waals surface area contributed by atoms with E-state index in [-0.39, 0.29) is 5.91 Å². The highest BCUT2D eigenvalue weighted by molar-refractivity contribution is 5.97. The first-order chi connectivity index (χ1) is 14.1. The van der Waals surface area contributed by atoms with Gasteiger partial charge in [0.05, 0.1) is 7.11 Å². The van der Waals surface area contributed by atoms with Gasteiger partial charge in [-0.2, -0.15) is 0 Å². The van der Waals surface area contributed by atoms with Gasteiger partial charge in [-0.1, -0.05) is 36.4 Å². The summed E-state index contributed by atoms with van der Waals surface area (Å²) in [7, 11) is 1.66. The molecule has 0 unspecified atom stereocenters. The van der Waals surface area contributed by atoms with Crippen LogP contribution >= 0.6 is 0 Å². The van der Waals surface area contributed by atoms with Crippen LogP contribution in [-0.4, -0.2) is 56.7 Å². The van der Waals surface area contributed by atoms with Gasteiger partial charge in [-0.3, -0.25) is 15.0 Å². The SMILES string of the molecule is CCNC(=O)NC(=O)[C@@H](c1ccccc1)N1CCN(c2cccc(OC)c2)CC1. The summed E-state index contributed by atoms with van der Waals surface area (Å²) >= 11 is 0. The second kappa shape index (κ2) is 9.93. The summed E-state index contributed by atoms with van der Waals surface area (Å²) in [5.74, 6) is 0.519. The highest BCUT2D eigenvalue weighted by Crippen LogP contribution is 2.26. The van der Waals surface area contributed by atoms with Crippen LogP contribution in [-0.2, 0) is 4.79 Å². The van der Waals surface area contributed by atoms with Crippen molar-refractivity contribution in [2.75, 3.05) is 44.7 Å². The lowest BCUT2D eigenvalue weighted by Gasteiger charge is -2.39. The Labute approximate surface area is 171 Å². The number of carbonyl (C=O) groups is 2. The molecule has 1 atom stereocenters. The predicted molar refractivity (Wildman–Crippen MR) is 113 cm³/mol. The minimum Gasteiger partial charge on any atom is -0.497 e. The van der Waals surface area contributed by atoms with Crippen molar-refractivity contribution in [1.82, 2.24) is 15.5 Å². The Morgan fingerprint density at radius 1 is 1.03 bits per heavy atom. The second-order valence-corrected chi connectivity index (χ2v) is 6.89. The molecule has 29 heavy (non-hydrogen) atoms. The zero-order valence-corrected chi connectivity index (χ0v) is 16.9. The van der Waals surface area contributed by atoms with Gasteiger partial charge in [-0.15, -0.1) is 0 Å². The van der Waals surface area contributed by atoms with E-state index >= 15 is 0 Å². The van der Waals surface area contributed by atoms with E-state index in [4.69, 9.17) is 4.74 Å². The van der Waals surface area contributed by atoms with Crippen molar-refractivity contribution in [2.45, 2.75) is 13.0 Å². The molecule has 0 bridgehead atoms. The van der Waals surface area contributed by atoms with Crippen LogP contribution in [0.25, 0.3) is 0 Å². The number of carbonyl (C=O) groups excluding carboxylic acids is 2. The summed E-state index contributed by atoms with van der Waals surface area (Å²) < 4.78 is 5.32. The first-order valence-electron chi connectivity index (χ1n) is 9.89. The Bertz CT molecular complexity index is 820. The number of ether oxygens (including phenoxy) is 1. The summed E-state index contributed by atoms with van der Waals surface area (Å²) in [6.07, 6.45) is 0. The Hall–Kier alpha value is -3.06. The first-order valence-corrected chi connectivity index (χ1v) is 9.89. The van der Waals surface area contributed by atoms with Crippen LogP contribution in [0.2, 0.25) is 0 Å². The molecule has 7 nitrogen and oxygen atoms in total. The number of hydrogen-bond donors (Lipinski definition) is 2. The van der Waals surface area contributed by atoms with Crippen LogP contribution in [0.5, 0.6) is 5.75 Å². The molecule has 0 spiro atoms. The van der Waals surface area contributed by atoms with E-state index in [9.17, 15) is 9.59 Å². The normalized spacial score (nSPS) is 15.4. The largest absolute Gasteiger partial charge is 0.497 e. The molecule has 2 aromatic carbocycles. The molecule has 3 rings (SSSR count). The van der Waals surface area contributed by atoms with E-state index in [0.29, 0.717) is 19.6 Å². The van der Waals surface area contributed by atoms with Crippen molar-refractivity contribution in [3.63, 3.8) is 0 Å². The minimum absolute atomic E-state index is 0.308. The lowest BCUT2D eigenvalue weighted by molar-refractivity contribution is -0.125. The maximum Gasteiger partial charge on any atom is 0.321 e. The van der Waals surface area contributed by atoms with Crippen LogP contribution in [0.15, 0.2) is 54.6 Å². The molecular formula is C22H28N4O3. The standard InChI is InChI=1S/C22H28N4O3/c1-3-23-22(28)24-21(27)20(17-8-5-4-6-9-17)26-14-12-25(13-15-26)18-10-7-11-19(16-18)29-2/h4-11,16,20H,3,12-15H2,1-2H3,(H2,23,24,27,28)/t20-/m1/s1. The number of amides is 3. The van der Waals surface area contributed by atoms with E-state index in [0.717, 1.165) is 30.1 Å². The van der Waals surface area contributed by atoms with Gasteiger partial charge < -0.3 is 15.0 Å². The maximum atomic E-state index is 12.9. The number of benzene rings is 2. The monoisotopic (exact) mass is 396 g/mol. The van der Waals surface area contributed by atoms with Crippen molar-refractivity contribution in [3.05, 3.63) is 60.2 Å². The Morgan fingerprint density at radius 3 is 2.41 bits per heavy atom. The van der Waals surface area contributed by atoms with Crippen LogP contribution in [0.3, 0.4) is 0 Å². The van der Waals surface area contributed by atoms with Crippen molar-refractivity contribution < 1.29 is 14.3 Å². The Morgan fingerprint density at radius 2 is 1.76 bits per heavy atom.